The van der Waals surface area contributed by atoms with Gasteiger partial charge in [-0.25, -0.2) is 0 Å². The molecule has 0 saturated heterocycles. The van der Waals surface area contributed by atoms with Crippen LogP contribution in [-0.4, -0.2) is 17.1 Å². The predicted molar refractivity (Wildman–Crippen MR) is 100 cm³/mol. The summed E-state index contributed by atoms with van der Waals surface area (Å²) in [5, 5.41) is 3.47. The van der Waals surface area contributed by atoms with Crippen LogP contribution in [0.3, 0.4) is 0 Å². The summed E-state index contributed by atoms with van der Waals surface area (Å²) in [6.07, 6.45) is -0.792. The zero-order valence-electron chi connectivity index (χ0n) is 12.7. The molecule has 3 N–H and O–H groups in total. The monoisotopic (exact) mass is 383 g/mol. The summed E-state index contributed by atoms with van der Waals surface area (Å²) in [6, 6.07) is 14.1. The van der Waals surface area contributed by atoms with Gasteiger partial charge < -0.3 is 4.74 Å². The van der Waals surface area contributed by atoms with Crippen molar-refractivity contribution < 1.29 is 9.53 Å². The Balaban J connectivity index is 1.83. The van der Waals surface area contributed by atoms with Gasteiger partial charge in [0.15, 0.2) is 11.2 Å². The van der Waals surface area contributed by atoms with Gasteiger partial charge in [-0.2, -0.15) is 0 Å². The molecule has 2 aromatic carbocycles. The van der Waals surface area contributed by atoms with Crippen LogP contribution in [0.15, 0.2) is 48.5 Å². The van der Waals surface area contributed by atoms with Gasteiger partial charge in [0, 0.05) is 5.02 Å². The molecule has 126 valence electrons. The molecule has 1 unspecified atom stereocenters. The Morgan fingerprint density at radius 1 is 1.17 bits per heavy atom. The number of halogens is 2. The lowest BCUT2D eigenvalue weighted by Gasteiger charge is -2.17. The summed E-state index contributed by atoms with van der Waals surface area (Å²) in [5.41, 5.74) is 6.40. The van der Waals surface area contributed by atoms with Crippen molar-refractivity contribution in [3.63, 3.8) is 0 Å². The Bertz CT molecular complexity index is 729. The fourth-order valence-electron chi connectivity index (χ4n) is 1.71. The highest BCUT2D eigenvalue weighted by molar-refractivity contribution is 7.80. The van der Waals surface area contributed by atoms with Crippen molar-refractivity contribution in [1.29, 1.82) is 0 Å². The number of thiocarbonyl (C=S) groups is 1. The van der Waals surface area contributed by atoms with E-state index >= 15 is 0 Å². The molecule has 5 nitrogen and oxygen atoms in total. The summed E-state index contributed by atoms with van der Waals surface area (Å²) in [5.74, 6) is -0.0432. The van der Waals surface area contributed by atoms with Gasteiger partial charge in [0.2, 0.25) is 0 Å². The van der Waals surface area contributed by atoms with E-state index in [1.807, 2.05) is 30.3 Å². The van der Waals surface area contributed by atoms with Crippen LogP contribution in [0, 0.1) is 0 Å². The molecular weight excluding hydrogens is 369 g/mol. The third kappa shape index (κ3) is 5.56. The molecular formula is C16H15Cl2N3O2S. The first-order valence-electron chi connectivity index (χ1n) is 6.99. The SMILES string of the molecule is CC(Oc1ccc(Cl)cc1Cl)C(=O)NC(=S)NNc1ccccc1. The maximum atomic E-state index is 12.1. The Kier molecular flexibility index (Phi) is 6.66. The molecule has 24 heavy (non-hydrogen) atoms. The van der Waals surface area contributed by atoms with E-state index in [-0.39, 0.29) is 5.11 Å². The molecule has 2 rings (SSSR count). The van der Waals surface area contributed by atoms with E-state index in [2.05, 4.69) is 16.2 Å². The van der Waals surface area contributed by atoms with E-state index < -0.39 is 12.0 Å². The smallest absolute Gasteiger partial charge is 0.266 e. The highest BCUT2D eigenvalue weighted by Gasteiger charge is 2.17. The molecule has 2 aromatic rings. The van der Waals surface area contributed by atoms with Gasteiger partial charge in [-0.05, 0) is 49.5 Å². The maximum absolute atomic E-state index is 12.1. The van der Waals surface area contributed by atoms with Crippen LogP contribution < -0.4 is 20.9 Å². The Hall–Kier alpha value is -2.02. The van der Waals surface area contributed by atoms with Crippen molar-refractivity contribution >= 4 is 52.1 Å². The number of ether oxygens (including phenoxy) is 1. The van der Waals surface area contributed by atoms with Crippen molar-refractivity contribution in [3.8, 4) is 5.75 Å². The fourth-order valence-corrected chi connectivity index (χ4v) is 2.31. The number of hydrogen-bond acceptors (Lipinski definition) is 4. The lowest BCUT2D eigenvalue weighted by Crippen LogP contribution is -2.46. The van der Waals surface area contributed by atoms with Gasteiger partial charge in [0.1, 0.15) is 5.75 Å². The lowest BCUT2D eigenvalue weighted by molar-refractivity contribution is -0.125. The average molecular weight is 384 g/mol. The van der Waals surface area contributed by atoms with Gasteiger partial charge in [0.25, 0.3) is 5.91 Å². The van der Waals surface area contributed by atoms with Crippen LogP contribution in [0.5, 0.6) is 5.75 Å². The second-order valence-electron chi connectivity index (χ2n) is 4.77. The van der Waals surface area contributed by atoms with E-state index in [4.69, 9.17) is 40.2 Å². The van der Waals surface area contributed by atoms with Crippen LogP contribution in [0.25, 0.3) is 0 Å². The van der Waals surface area contributed by atoms with Gasteiger partial charge in [-0.1, -0.05) is 41.4 Å². The third-order valence-corrected chi connectivity index (χ3v) is 3.63. The molecule has 0 aliphatic carbocycles. The van der Waals surface area contributed by atoms with Crippen LogP contribution in [0.2, 0.25) is 10.0 Å². The first-order chi connectivity index (χ1) is 11.5. The van der Waals surface area contributed by atoms with Gasteiger partial charge in [0.05, 0.1) is 10.7 Å². The first-order valence-corrected chi connectivity index (χ1v) is 8.15. The minimum absolute atomic E-state index is 0.126. The quantitative estimate of drug-likeness (QED) is 0.541. The fraction of sp³-hybridized carbons (Fsp3) is 0.125. The van der Waals surface area contributed by atoms with E-state index in [1.165, 1.54) is 0 Å². The molecule has 0 saturated carbocycles. The van der Waals surface area contributed by atoms with Gasteiger partial charge >= 0.3 is 0 Å². The zero-order valence-corrected chi connectivity index (χ0v) is 15.0. The molecule has 0 fully saturated rings. The minimum Gasteiger partial charge on any atom is -0.479 e. The van der Waals surface area contributed by atoms with E-state index in [0.29, 0.717) is 15.8 Å². The molecule has 1 amide bonds. The zero-order chi connectivity index (χ0) is 17.5. The van der Waals surface area contributed by atoms with Crippen LogP contribution in [0.1, 0.15) is 6.92 Å². The summed E-state index contributed by atoms with van der Waals surface area (Å²) >= 11 is 16.9. The van der Waals surface area contributed by atoms with E-state index in [1.54, 1.807) is 25.1 Å². The summed E-state index contributed by atoms with van der Waals surface area (Å²) in [4.78, 5) is 12.1. The predicted octanol–water partition coefficient (Wildman–Crippen LogP) is 3.78. The van der Waals surface area contributed by atoms with Crippen molar-refractivity contribution in [2.24, 2.45) is 0 Å². The largest absolute Gasteiger partial charge is 0.479 e. The average Bonchev–Trinajstić information content (AvgIpc) is 2.56. The number of carbonyl (C=O) groups is 1. The lowest BCUT2D eigenvalue weighted by atomic mass is 10.3. The van der Waals surface area contributed by atoms with E-state index in [0.717, 1.165) is 5.69 Å². The van der Waals surface area contributed by atoms with Crippen LogP contribution in [0.4, 0.5) is 5.69 Å². The third-order valence-electron chi connectivity index (χ3n) is 2.90. The number of rotatable bonds is 5. The first kappa shape index (κ1) is 18.3. The number of nitrogens with one attached hydrogen (secondary N) is 3. The van der Waals surface area contributed by atoms with E-state index in [9.17, 15) is 4.79 Å². The van der Waals surface area contributed by atoms with Crippen molar-refractivity contribution in [2.45, 2.75) is 13.0 Å². The number of anilines is 1. The number of carbonyl (C=O) groups excluding carboxylic acids is 1. The Morgan fingerprint density at radius 2 is 1.88 bits per heavy atom. The summed E-state index contributed by atoms with van der Waals surface area (Å²) in [6.45, 7) is 1.59. The van der Waals surface area contributed by atoms with Gasteiger partial charge in [-0.15, -0.1) is 0 Å². The number of hydrazine groups is 1. The molecule has 0 radical (unpaired) electrons. The standard InChI is InChI=1S/C16H15Cl2N3O2S/c1-10(23-14-8-7-11(17)9-13(14)18)15(22)19-16(24)21-20-12-5-3-2-4-6-12/h2-10,20H,1H3,(H2,19,21,22,24). The maximum Gasteiger partial charge on any atom is 0.266 e. The molecule has 8 heteroatoms. The highest BCUT2D eigenvalue weighted by atomic mass is 35.5. The minimum atomic E-state index is -0.792. The normalized spacial score (nSPS) is 11.3. The van der Waals surface area contributed by atoms with Crippen LogP contribution >= 0.6 is 35.4 Å². The highest BCUT2D eigenvalue weighted by Crippen LogP contribution is 2.28. The number of amides is 1. The Labute approximate surface area is 155 Å². The molecule has 0 aliphatic rings. The van der Waals surface area contributed by atoms with Gasteiger partial charge in [-0.3, -0.25) is 21.0 Å². The molecule has 0 spiro atoms. The summed E-state index contributed by atoms with van der Waals surface area (Å²) in [7, 11) is 0. The summed E-state index contributed by atoms with van der Waals surface area (Å²) < 4.78 is 5.52. The number of benzene rings is 2. The van der Waals surface area contributed by atoms with Crippen molar-refractivity contribution in [3.05, 3.63) is 58.6 Å². The number of para-hydroxylation sites is 1. The molecule has 0 heterocycles. The molecule has 1 atom stereocenters. The van der Waals surface area contributed by atoms with Crippen molar-refractivity contribution in [2.75, 3.05) is 5.43 Å². The second kappa shape index (κ2) is 8.73. The molecule has 0 aromatic heterocycles. The topological polar surface area (TPSA) is 62.4 Å². The van der Waals surface area contributed by atoms with Crippen molar-refractivity contribution in [1.82, 2.24) is 10.7 Å². The Morgan fingerprint density at radius 3 is 2.54 bits per heavy atom. The molecule has 0 bridgehead atoms. The van der Waals surface area contributed by atoms with Crippen LogP contribution in [-0.2, 0) is 4.79 Å². The molecule has 0 aliphatic heterocycles. The second-order valence-corrected chi connectivity index (χ2v) is 6.02. The number of hydrogen-bond donors (Lipinski definition) is 3.